The summed E-state index contributed by atoms with van der Waals surface area (Å²) in [6.07, 6.45) is 0. The van der Waals surface area contributed by atoms with Gasteiger partial charge < -0.3 is 0 Å². The molecule has 0 bridgehead atoms. The second-order valence-corrected chi connectivity index (χ2v) is 4.71. The summed E-state index contributed by atoms with van der Waals surface area (Å²) in [5.74, 6) is 0.161. The molecule has 1 aromatic rings. The summed E-state index contributed by atoms with van der Waals surface area (Å²) in [5.41, 5.74) is 0.613. The number of hydrogen-bond donors (Lipinski definition) is 1. The van der Waals surface area contributed by atoms with Crippen LogP contribution in [-0.4, -0.2) is 16.7 Å². The summed E-state index contributed by atoms with van der Waals surface area (Å²) in [5, 5.41) is 5.31. The molecule has 0 spiro atoms. The second kappa shape index (κ2) is 5.95. The highest BCUT2D eigenvalue weighted by Crippen LogP contribution is 2.14. The monoisotopic (exact) mass is 241 g/mol. The molecule has 0 aliphatic heterocycles. The predicted molar refractivity (Wildman–Crippen MR) is 64.0 cm³/mol. The van der Waals surface area contributed by atoms with Crippen molar-refractivity contribution in [1.29, 1.82) is 0 Å². The SMILES string of the molecule is CC(=O)SCC(=O)c1ccc(SN)cc1. The quantitative estimate of drug-likeness (QED) is 0.646. The number of benzene rings is 1. The van der Waals surface area contributed by atoms with Crippen molar-refractivity contribution in [2.75, 3.05) is 5.75 Å². The number of nitrogens with two attached hydrogens (primary N) is 1. The average molecular weight is 241 g/mol. The molecule has 3 nitrogen and oxygen atoms in total. The highest BCUT2D eigenvalue weighted by atomic mass is 32.2. The van der Waals surface area contributed by atoms with Gasteiger partial charge in [-0.1, -0.05) is 23.9 Å². The van der Waals surface area contributed by atoms with Gasteiger partial charge in [0.2, 0.25) is 0 Å². The van der Waals surface area contributed by atoms with Gasteiger partial charge in [0.15, 0.2) is 10.9 Å². The number of hydrogen-bond acceptors (Lipinski definition) is 5. The largest absolute Gasteiger partial charge is 0.293 e. The zero-order valence-electron chi connectivity index (χ0n) is 8.23. The summed E-state index contributed by atoms with van der Waals surface area (Å²) in [6.45, 7) is 1.45. The highest BCUT2D eigenvalue weighted by Gasteiger charge is 2.07. The second-order valence-electron chi connectivity index (χ2n) is 2.85. The van der Waals surface area contributed by atoms with E-state index in [9.17, 15) is 9.59 Å². The van der Waals surface area contributed by atoms with Crippen LogP contribution in [0.15, 0.2) is 29.2 Å². The van der Waals surface area contributed by atoms with Crippen LogP contribution in [0.4, 0.5) is 0 Å². The van der Waals surface area contributed by atoms with Crippen LogP contribution < -0.4 is 5.14 Å². The zero-order chi connectivity index (χ0) is 11.3. The van der Waals surface area contributed by atoms with Crippen LogP contribution in [0.5, 0.6) is 0 Å². The summed E-state index contributed by atoms with van der Waals surface area (Å²) in [6, 6.07) is 7.02. The van der Waals surface area contributed by atoms with Crippen molar-refractivity contribution in [3.63, 3.8) is 0 Å². The van der Waals surface area contributed by atoms with E-state index in [0.717, 1.165) is 28.6 Å². The molecule has 2 N–H and O–H groups in total. The van der Waals surface area contributed by atoms with Gasteiger partial charge in [-0.2, -0.15) is 0 Å². The maximum Gasteiger partial charge on any atom is 0.186 e. The van der Waals surface area contributed by atoms with Crippen molar-refractivity contribution in [1.82, 2.24) is 0 Å². The minimum atomic E-state index is -0.0440. The number of thioether (sulfide) groups is 1. The third kappa shape index (κ3) is 4.07. The Morgan fingerprint density at radius 1 is 1.27 bits per heavy atom. The fourth-order valence-corrected chi connectivity index (χ4v) is 1.76. The lowest BCUT2D eigenvalue weighted by Gasteiger charge is -2.00. The molecule has 1 aromatic carbocycles. The van der Waals surface area contributed by atoms with Crippen molar-refractivity contribution >= 4 is 34.6 Å². The molecule has 15 heavy (non-hydrogen) atoms. The standard InChI is InChI=1S/C10H11NO2S2/c1-7(12)14-6-10(13)8-2-4-9(15-11)5-3-8/h2-5H,6,11H2,1H3. The fraction of sp³-hybridized carbons (Fsp3) is 0.200. The van der Waals surface area contributed by atoms with E-state index in [0.29, 0.717) is 5.56 Å². The molecule has 0 aliphatic rings. The number of Topliss-reactive ketones (excluding diaryl/α,β-unsaturated/α-hetero) is 1. The number of rotatable bonds is 4. The number of carbonyl (C=O) groups excluding carboxylic acids is 2. The van der Waals surface area contributed by atoms with Gasteiger partial charge in [0.25, 0.3) is 0 Å². The molecule has 0 saturated heterocycles. The van der Waals surface area contributed by atoms with Gasteiger partial charge in [0.05, 0.1) is 5.75 Å². The number of carbonyl (C=O) groups is 2. The number of ketones is 1. The Labute approximate surface area is 96.9 Å². The van der Waals surface area contributed by atoms with E-state index < -0.39 is 0 Å². The molecular weight excluding hydrogens is 230 g/mol. The smallest absolute Gasteiger partial charge is 0.186 e. The first-order valence-electron chi connectivity index (χ1n) is 4.27. The Bertz CT molecular complexity index is 362. The van der Waals surface area contributed by atoms with Gasteiger partial charge in [-0.25, -0.2) is 0 Å². The summed E-state index contributed by atoms with van der Waals surface area (Å²) >= 11 is 2.16. The van der Waals surface area contributed by atoms with E-state index in [-0.39, 0.29) is 16.7 Å². The fourth-order valence-electron chi connectivity index (χ4n) is 0.970. The Morgan fingerprint density at radius 3 is 2.33 bits per heavy atom. The lowest BCUT2D eigenvalue weighted by atomic mass is 10.1. The van der Waals surface area contributed by atoms with Crippen LogP contribution >= 0.6 is 23.7 Å². The Hall–Kier alpha value is -0.780. The minimum absolute atomic E-state index is 0.0382. The molecule has 1 rings (SSSR count). The van der Waals surface area contributed by atoms with Crippen molar-refractivity contribution in [3.05, 3.63) is 29.8 Å². The Balaban J connectivity index is 2.62. The minimum Gasteiger partial charge on any atom is -0.293 e. The van der Waals surface area contributed by atoms with Gasteiger partial charge in [0.1, 0.15) is 0 Å². The van der Waals surface area contributed by atoms with E-state index in [4.69, 9.17) is 5.14 Å². The molecule has 0 unspecified atom stereocenters. The molecule has 0 atom stereocenters. The highest BCUT2D eigenvalue weighted by molar-refractivity contribution is 8.14. The lowest BCUT2D eigenvalue weighted by molar-refractivity contribution is -0.109. The normalized spacial score (nSPS) is 10.0. The van der Waals surface area contributed by atoms with E-state index in [1.807, 2.05) is 0 Å². The molecule has 0 saturated carbocycles. The summed E-state index contributed by atoms with van der Waals surface area (Å²) in [4.78, 5) is 23.1. The maximum absolute atomic E-state index is 11.5. The Kier molecular flexibility index (Phi) is 4.87. The first-order valence-corrected chi connectivity index (χ1v) is 6.13. The van der Waals surface area contributed by atoms with Crippen LogP contribution in [0, 0.1) is 0 Å². The van der Waals surface area contributed by atoms with Crippen molar-refractivity contribution in [2.24, 2.45) is 5.14 Å². The predicted octanol–water partition coefficient (Wildman–Crippen LogP) is 2.11. The van der Waals surface area contributed by atoms with Crippen LogP contribution in [-0.2, 0) is 4.79 Å². The topological polar surface area (TPSA) is 60.2 Å². The molecule has 0 heterocycles. The first kappa shape index (κ1) is 12.3. The van der Waals surface area contributed by atoms with Gasteiger partial charge in [-0.05, 0) is 24.1 Å². The first-order chi connectivity index (χ1) is 7.13. The Morgan fingerprint density at radius 2 is 1.87 bits per heavy atom. The molecule has 80 valence electrons. The lowest BCUT2D eigenvalue weighted by Crippen LogP contribution is -2.03. The maximum atomic E-state index is 11.5. The molecule has 5 heteroatoms. The van der Waals surface area contributed by atoms with E-state index >= 15 is 0 Å². The van der Waals surface area contributed by atoms with E-state index in [1.165, 1.54) is 6.92 Å². The van der Waals surface area contributed by atoms with Gasteiger partial charge in [0, 0.05) is 17.4 Å². The molecule has 0 fully saturated rings. The van der Waals surface area contributed by atoms with Crippen molar-refractivity contribution in [3.8, 4) is 0 Å². The van der Waals surface area contributed by atoms with Crippen LogP contribution in [0.25, 0.3) is 0 Å². The van der Waals surface area contributed by atoms with Gasteiger partial charge in [-0.3, -0.25) is 14.7 Å². The summed E-state index contributed by atoms with van der Waals surface area (Å²) in [7, 11) is 0. The molecule has 0 amide bonds. The van der Waals surface area contributed by atoms with E-state index in [1.54, 1.807) is 24.3 Å². The molecule has 0 aromatic heterocycles. The van der Waals surface area contributed by atoms with Crippen molar-refractivity contribution in [2.45, 2.75) is 11.8 Å². The van der Waals surface area contributed by atoms with Crippen molar-refractivity contribution < 1.29 is 9.59 Å². The molecule has 0 radical (unpaired) electrons. The molecular formula is C10H11NO2S2. The third-order valence-electron chi connectivity index (χ3n) is 1.72. The summed E-state index contributed by atoms with van der Waals surface area (Å²) < 4.78 is 0. The molecule has 0 aliphatic carbocycles. The third-order valence-corrected chi connectivity index (χ3v) is 3.08. The van der Waals surface area contributed by atoms with Gasteiger partial charge in [-0.15, -0.1) is 0 Å². The van der Waals surface area contributed by atoms with Crippen LogP contribution in [0.1, 0.15) is 17.3 Å². The van der Waals surface area contributed by atoms with E-state index in [2.05, 4.69) is 0 Å². The van der Waals surface area contributed by atoms with Crippen LogP contribution in [0.2, 0.25) is 0 Å². The van der Waals surface area contributed by atoms with Gasteiger partial charge >= 0.3 is 0 Å². The average Bonchev–Trinajstić information content (AvgIpc) is 2.26. The zero-order valence-corrected chi connectivity index (χ0v) is 9.86. The van der Waals surface area contributed by atoms with Crippen LogP contribution in [0.3, 0.4) is 0 Å².